The van der Waals surface area contributed by atoms with Gasteiger partial charge in [-0.25, -0.2) is 4.57 Å². The van der Waals surface area contributed by atoms with Crippen LogP contribution in [-0.4, -0.2) is 20.9 Å². The zero-order chi connectivity index (χ0) is 6.08. The highest BCUT2D eigenvalue weighted by Crippen LogP contribution is 2.39. The molecule has 44 valence electrons. The van der Waals surface area contributed by atoms with Crippen molar-refractivity contribution in [3.63, 3.8) is 0 Å². The molecule has 0 saturated carbocycles. The van der Waals surface area contributed by atoms with Gasteiger partial charge in [0.1, 0.15) is 0 Å². The maximum atomic E-state index is 9.88. The van der Waals surface area contributed by atoms with Gasteiger partial charge in [-0.2, -0.15) is 4.08 Å². The van der Waals surface area contributed by atoms with Gasteiger partial charge in [0.15, 0.2) is 0 Å². The average molecular weight is 143 g/mol. The van der Waals surface area contributed by atoms with Gasteiger partial charge in [0.05, 0.1) is 0 Å². The Morgan fingerprint density at radius 3 is 1.86 bits per heavy atom. The third-order valence-corrected chi connectivity index (χ3v) is 1.83. The maximum Gasteiger partial charge on any atom is 0.412 e. The first-order chi connectivity index (χ1) is 2.94. The van der Waals surface area contributed by atoms with E-state index >= 15 is 0 Å². The monoisotopic (exact) mass is 143 g/mol. The lowest BCUT2D eigenvalue weighted by atomic mass is 11.6. The minimum absolute atomic E-state index is 0.549. The van der Waals surface area contributed by atoms with Gasteiger partial charge in [-0.05, 0) is 0 Å². The van der Waals surface area contributed by atoms with Crippen molar-refractivity contribution >= 4 is 20.6 Å². The van der Waals surface area contributed by atoms with Crippen LogP contribution in [0.25, 0.3) is 0 Å². The fraction of sp³-hybridized carbons (Fsp3) is 1.00. The Morgan fingerprint density at radius 2 is 1.86 bits per heavy atom. The van der Waals surface area contributed by atoms with Crippen LogP contribution in [0.5, 0.6) is 0 Å². The molecule has 0 atom stereocenters. The van der Waals surface area contributed by atoms with Crippen LogP contribution in [-0.2, 0) is 4.57 Å². The second-order valence-corrected chi connectivity index (χ2v) is 3.54. The van der Waals surface area contributed by atoms with E-state index in [1.54, 1.807) is 0 Å². The molecule has 0 rings (SSSR count). The number of rotatable bonds is 1. The van der Waals surface area contributed by atoms with Gasteiger partial charge in [-0.3, -0.25) is 0 Å². The fourth-order valence-corrected chi connectivity index (χ4v) is 0. The summed E-state index contributed by atoms with van der Waals surface area (Å²) in [5, 5.41) is 0. The standard InChI is InChI=1S/CH6NO3PS/c1-2(7)6(3,4)5/h7H,1H3,(H2,3,4,5). The Bertz CT molecular complexity index is 97.1. The molecular weight excluding hydrogens is 137 g/mol. The molecule has 0 heterocycles. The third kappa shape index (κ3) is 3.08. The van der Waals surface area contributed by atoms with Crippen molar-refractivity contribution in [3.05, 3.63) is 0 Å². The smallest absolute Gasteiger partial charge is 0.312 e. The summed E-state index contributed by atoms with van der Waals surface area (Å²) in [4.78, 5) is 16.1. The summed E-state index contributed by atoms with van der Waals surface area (Å²) in [6.07, 6.45) is 0. The van der Waals surface area contributed by atoms with Crippen molar-refractivity contribution in [1.29, 1.82) is 0 Å². The molecule has 0 aliphatic rings. The molecule has 0 radical (unpaired) electrons. The molecule has 0 unspecified atom stereocenters. The highest BCUT2D eigenvalue weighted by atomic mass is 32.1. The molecule has 0 aliphatic heterocycles. The average Bonchev–Trinajstić information content (AvgIpc) is 1.31. The molecule has 2 N–H and O–H groups in total. The van der Waals surface area contributed by atoms with Gasteiger partial charge >= 0.3 is 7.75 Å². The summed E-state index contributed by atoms with van der Waals surface area (Å²) < 4.78 is 10.4. The lowest BCUT2D eigenvalue weighted by Gasteiger charge is -2.07. The van der Waals surface area contributed by atoms with Crippen molar-refractivity contribution in [3.8, 4) is 0 Å². The van der Waals surface area contributed by atoms with Gasteiger partial charge in [-0.1, -0.05) is 12.8 Å². The first kappa shape index (κ1) is 7.46. The van der Waals surface area contributed by atoms with Gasteiger partial charge in [0, 0.05) is 7.05 Å². The molecule has 4 nitrogen and oxygen atoms in total. The van der Waals surface area contributed by atoms with Crippen LogP contribution in [0.4, 0.5) is 0 Å². The van der Waals surface area contributed by atoms with Gasteiger partial charge in [-0.15, -0.1) is 0 Å². The van der Waals surface area contributed by atoms with Crippen LogP contribution in [0.3, 0.4) is 0 Å². The molecule has 0 aromatic heterocycles. The minimum atomic E-state index is -4.04. The third-order valence-electron chi connectivity index (χ3n) is 0.377. The predicted octanol–water partition coefficient (Wildman–Crippen LogP) is -0.144. The highest BCUT2D eigenvalue weighted by Gasteiger charge is 2.15. The normalized spacial score (nSPS) is 12.7. The van der Waals surface area contributed by atoms with Crippen LogP contribution in [0.2, 0.25) is 0 Å². The van der Waals surface area contributed by atoms with E-state index in [9.17, 15) is 4.57 Å². The fourth-order valence-electron chi connectivity index (χ4n) is 0. The van der Waals surface area contributed by atoms with Crippen LogP contribution >= 0.6 is 20.6 Å². The highest BCUT2D eigenvalue weighted by molar-refractivity contribution is 7.84. The Kier molecular flexibility index (Phi) is 2.29. The van der Waals surface area contributed by atoms with Crippen LogP contribution in [0.1, 0.15) is 0 Å². The summed E-state index contributed by atoms with van der Waals surface area (Å²) in [5.74, 6) is 0. The molecule has 0 fully saturated rings. The Balaban J connectivity index is 3.80. The Labute approximate surface area is 46.9 Å². The zero-order valence-electron chi connectivity index (χ0n) is 3.64. The quantitative estimate of drug-likeness (QED) is 0.353. The Hall–Kier alpha value is 0.460. The van der Waals surface area contributed by atoms with E-state index in [0.717, 1.165) is 0 Å². The van der Waals surface area contributed by atoms with Crippen LogP contribution in [0, 0.1) is 0 Å². The molecule has 7 heavy (non-hydrogen) atoms. The lowest BCUT2D eigenvalue weighted by Crippen LogP contribution is -1.98. The van der Waals surface area contributed by atoms with E-state index < -0.39 is 7.75 Å². The molecule has 6 heteroatoms. The van der Waals surface area contributed by atoms with Gasteiger partial charge in [0.25, 0.3) is 0 Å². The van der Waals surface area contributed by atoms with E-state index in [1.807, 2.05) is 0 Å². The van der Waals surface area contributed by atoms with Crippen molar-refractivity contribution in [2.24, 2.45) is 0 Å². The molecule has 0 saturated heterocycles. The van der Waals surface area contributed by atoms with Gasteiger partial charge in [0.2, 0.25) is 0 Å². The zero-order valence-corrected chi connectivity index (χ0v) is 5.43. The van der Waals surface area contributed by atoms with Crippen molar-refractivity contribution in [1.82, 2.24) is 4.08 Å². The summed E-state index contributed by atoms with van der Waals surface area (Å²) in [5.41, 5.74) is 0. The SMILES string of the molecule is CN(S)P(=O)(O)O. The largest absolute Gasteiger partial charge is 0.412 e. The first-order valence-corrected chi connectivity index (χ1v) is 3.39. The first-order valence-electron chi connectivity index (χ1n) is 1.43. The Morgan fingerprint density at radius 1 is 1.71 bits per heavy atom. The predicted molar refractivity (Wildman–Crippen MR) is 28.8 cm³/mol. The molecular formula is CH6NO3PS. The number of hydrogen-bond donors (Lipinski definition) is 3. The lowest BCUT2D eigenvalue weighted by molar-refractivity contribution is 0.339. The molecule has 0 spiro atoms. The summed E-state index contributed by atoms with van der Waals surface area (Å²) >= 11 is 3.35. The van der Waals surface area contributed by atoms with Crippen LogP contribution in [0.15, 0.2) is 0 Å². The molecule has 0 aliphatic carbocycles. The van der Waals surface area contributed by atoms with Crippen molar-refractivity contribution < 1.29 is 14.4 Å². The van der Waals surface area contributed by atoms with Crippen molar-refractivity contribution in [2.75, 3.05) is 7.05 Å². The minimum Gasteiger partial charge on any atom is -0.312 e. The second-order valence-electron chi connectivity index (χ2n) is 1.00. The van der Waals surface area contributed by atoms with E-state index in [2.05, 4.69) is 12.8 Å². The van der Waals surface area contributed by atoms with E-state index in [1.165, 1.54) is 7.05 Å². The molecule has 0 bridgehead atoms. The maximum absolute atomic E-state index is 9.88. The number of thiol groups is 1. The van der Waals surface area contributed by atoms with E-state index in [-0.39, 0.29) is 0 Å². The topological polar surface area (TPSA) is 60.8 Å². The molecule has 0 amide bonds. The summed E-state index contributed by atoms with van der Waals surface area (Å²) in [6, 6.07) is 0. The van der Waals surface area contributed by atoms with Gasteiger partial charge < -0.3 is 9.79 Å². The second kappa shape index (κ2) is 2.15. The summed E-state index contributed by atoms with van der Waals surface area (Å²) in [6.45, 7) is 0. The molecule has 0 aromatic rings. The number of nitrogens with zero attached hydrogens (tertiary/aromatic N) is 1. The van der Waals surface area contributed by atoms with Crippen molar-refractivity contribution in [2.45, 2.75) is 0 Å². The number of hydrogen-bond acceptors (Lipinski definition) is 2. The molecule has 0 aromatic carbocycles. The van der Waals surface area contributed by atoms with Crippen LogP contribution < -0.4 is 0 Å². The van der Waals surface area contributed by atoms with E-state index in [4.69, 9.17) is 9.79 Å². The van der Waals surface area contributed by atoms with E-state index in [0.29, 0.717) is 4.08 Å². The summed E-state index contributed by atoms with van der Waals surface area (Å²) in [7, 11) is -2.86.